The van der Waals surface area contributed by atoms with Gasteiger partial charge in [0.15, 0.2) is 0 Å². The van der Waals surface area contributed by atoms with Crippen LogP contribution < -0.4 is 0 Å². The van der Waals surface area contributed by atoms with E-state index in [1.165, 1.54) is 5.56 Å². The standard InChI is InChI=1S/C11H13NO/c1-3-9-6-5-7-11(12-8-13)10(9)4-2/h5-7H,3-4H2,1-2H3. The van der Waals surface area contributed by atoms with E-state index >= 15 is 0 Å². The fourth-order valence-corrected chi connectivity index (χ4v) is 1.51. The zero-order chi connectivity index (χ0) is 9.68. The third-order valence-corrected chi connectivity index (χ3v) is 2.15. The van der Waals surface area contributed by atoms with Crippen molar-refractivity contribution in [3.8, 4) is 0 Å². The monoisotopic (exact) mass is 175 g/mol. The fourth-order valence-electron chi connectivity index (χ4n) is 1.51. The molecule has 13 heavy (non-hydrogen) atoms. The van der Waals surface area contributed by atoms with Gasteiger partial charge in [-0.1, -0.05) is 26.0 Å². The number of hydrogen-bond acceptors (Lipinski definition) is 2. The first kappa shape index (κ1) is 9.69. The predicted octanol–water partition coefficient (Wildman–Crippen LogP) is 2.78. The lowest BCUT2D eigenvalue weighted by Crippen LogP contribution is -1.90. The summed E-state index contributed by atoms with van der Waals surface area (Å²) in [6.07, 6.45) is 3.47. The van der Waals surface area contributed by atoms with Crippen LogP contribution in [0.4, 0.5) is 5.69 Å². The number of carbonyl (C=O) groups excluding carboxylic acids is 1. The van der Waals surface area contributed by atoms with Gasteiger partial charge in [-0.2, -0.15) is 4.99 Å². The van der Waals surface area contributed by atoms with E-state index < -0.39 is 0 Å². The lowest BCUT2D eigenvalue weighted by atomic mass is 10.0. The van der Waals surface area contributed by atoms with Crippen LogP contribution in [-0.4, -0.2) is 6.08 Å². The Morgan fingerprint density at radius 2 is 2.08 bits per heavy atom. The normalized spacial score (nSPS) is 9.38. The molecular weight excluding hydrogens is 162 g/mol. The Balaban J connectivity index is 3.26. The van der Waals surface area contributed by atoms with Crippen molar-refractivity contribution in [2.75, 3.05) is 0 Å². The van der Waals surface area contributed by atoms with E-state index in [-0.39, 0.29) is 0 Å². The van der Waals surface area contributed by atoms with Crippen LogP contribution in [0.3, 0.4) is 0 Å². The fraction of sp³-hybridized carbons (Fsp3) is 0.364. The van der Waals surface area contributed by atoms with E-state index in [0.717, 1.165) is 24.1 Å². The zero-order valence-electron chi connectivity index (χ0n) is 8.00. The molecule has 2 nitrogen and oxygen atoms in total. The molecule has 0 amide bonds. The molecule has 1 aromatic rings. The molecule has 0 radical (unpaired) electrons. The number of rotatable bonds is 3. The average molecular weight is 175 g/mol. The summed E-state index contributed by atoms with van der Waals surface area (Å²) in [5.74, 6) is 0. The molecule has 0 fully saturated rings. The second kappa shape index (κ2) is 4.58. The van der Waals surface area contributed by atoms with Crippen molar-refractivity contribution in [2.24, 2.45) is 4.99 Å². The molecule has 0 aliphatic rings. The van der Waals surface area contributed by atoms with Gasteiger partial charge in [-0.3, -0.25) is 0 Å². The Labute approximate surface area is 78.3 Å². The molecule has 0 N–H and O–H groups in total. The highest BCUT2D eigenvalue weighted by Gasteiger charge is 2.03. The molecule has 0 aliphatic heterocycles. The summed E-state index contributed by atoms with van der Waals surface area (Å²) in [4.78, 5) is 13.8. The van der Waals surface area contributed by atoms with Gasteiger partial charge in [0, 0.05) is 0 Å². The van der Waals surface area contributed by atoms with Crippen LogP contribution in [0.2, 0.25) is 0 Å². The van der Waals surface area contributed by atoms with Gasteiger partial charge in [0.25, 0.3) is 0 Å². The van der Waals surface area contributed by atoms with Crippen molar-refractivity contribution < 1.29 is 4.79 Å². The molecule has 0 aromatic heterocycles. The maximum atomic E-state index is 10.2. The summed E-state index contributed by atoms with van der Waals surface area (Å²) in [6, 6.07) is 5.85. The highest BCUT2D eigenvalue weighted by molar-refractivity contribution is 5.56. The van der Waals surface area contributed by atoms with E-state index in [1.807, 2.05) is 12.1 Å². The number of aryl methyl sites for hydroxylation is 1. The zero-order valence-corrected chi connectivity index (χ0v) is 8.00. The van der Waals surface area contributed by atoms with Crippen molar-refractivity contribution in [1.29, 1.82) is 0 Å². The van der Waals surface area contributed by atoms with Crippen LogP contribution in [0, 0.1) is 0 Å². The average Bonchev–Trinajstić information content (AvgIpc) is 2.18. The Bertz CT molecular complexity index is 338. The van der Waals surface area contributed by atoms with E-state index in [2.05, 4.69) is 24.9 Å². The van der Waals surface area contributed by atoms with Gasteiger partial charge in [-0.05, 0) is 30.0 Å². The third-order valence-electron chi connectivity index (χ3n) is 2.15. The first-order valence-corrected chi connectivity index (χ1v) is 4.52. The molecule has 0 atom stereocenters. The summed E-state index contributed by atoms with van der Waals surface area (Å²) >= 11 is 0. The van der Waals surface area contributed by atoms with Crippen LogP contribution in [0.5, 0.6) is 0 Å². The van der Waals surface area contributed by atoms with E-state index in [0.29, 0.717) is 0 Å². The van der Waals surface area contributed by atoms with E-state index in [9.17, 15) is 4.79 Å². The number of isocyanates is 1. The van der Waals surface area contributed by atoms with Crippen molar-refractivity contribution >= 4 is 11.8 Å². The van der Waals surface area contributed by atoms with Gasteiger partial charge in [0.05, 0.1) is 5.69 Å². The van der Waals surface area contributed by atoms with E-state index in [1.54, 1.807) is 6.08 Å². The van der Waals surface area contributed by atoms with Gasteiger partial charge < -0.3 is 0 Å². The quantitative estimate of drug-likeness (QED) is 0.513. The van der Waals surface area contributed by atoms with Crippen LogP contribution in [0.1, 0.15) is 25.0 Å². The van der Waals surface area contributed by atoms with Crippen molar-refractivity contribution in [2.45, 2.75) is 26.7 Å². The Hall–Kier alpha value is -1.40. The summed E-state index contributed by atoms with van der Waals surface area (Å²) < 4.78 is 0. The molecule has 0 aliphatic carbocycles. The molecule has 0 heterocycles. The van der Waals surface area contributed by atoms with Crippen LogP contribution >= 0.6 is 0 Å². The summed E-state index contributed by atoms with van der Waals surface area (Å²) in [5.41, 5.74) is 3.18. The third kappa shape index (κ3) is 2.04. The highest BCUT2D eigenvalue weighted by Crippen LogP contribution is 2.23. The summed E-state index contributed by atoms with van der Waals surface area (Å²) in [6.45, 7) is 4.17. The SMILES string of the molecule is CCc1cccc(N=C=O)c1CC. The Morgan fingerprint density at radius 1 is 1.31 bits per heavy atom. The topological polar surface area (TPSA) is 29.4 Å². The first-order chi connectivity index (χ1) is 6.33. The Kier molecular flexibility index (Phi) is 3.41. The van der Waals surface area contributed by atoms with Gasteiger partial charge in [0.1, 0.15) is 0 Å². The number of hydrogen-bond donors (Lipinski definition) is 0. The minimum Gasteiger partial charge on any atom is -0.211 e. The van der Waals surface area contributed by atoms with Gasteiger partial charge in [0.2, 0.25) is 6.08 Å². The second-order valence-electron chi connectivity index (χ2n) is 2.83. The highest BCUT2D eigenvalue weighted by atomic mass is 16.1. The van der Waals surface area contributed by atoms with E-state index in [4.69, 9.17) is 0 Å². The number of benzene rings is 1. The lowest BCUT2D eigenvalue weighted by Gasteiger charge is -2.06. The summed E-state index contributed by atoms with van der Waals surface area (Å²) in [7, 11) is 0. The molecule has 0 spiro atoms. The molecule has 1 aromatic carbocycles. The van der Waals surface area contributed by atoms with Crippen LogP contribution in [0.15, 0.2) is 23.2 Å². The second-order valence-corrected chi connectivity index (χ2v) is 2.83. The van der Waals surface area contributed by atoms with Gasteiger partial charge >= 0.3 is 0 Å². The van der Waals surface area contributed by atoms with Crippen LogP contribution in [-0.2, 0) is 17.6 Å². The minimum atomic E-state index is 0.761. The molecule has 0 unspecified atom stereocenters. The lowest BCUT2D eigenvalue weighted by molar-refractivity contribution is 0.565. The predicted molar refractivity (Wildman–Crippen MR) is 53.0 cm³/mol. The Morgan fingerprint density at radius 3 is 2.62 bits per heavy atom. The molecule has 1 rings (SSSR count). The molecule has 68 valence electrons. The molecule has 0 saturated heterocycles. The van der Waals surface area contributed by atoms with Crippen molar-refractivity contribution in [3.05, 3.63) is 29.3 Å². The van der Waals surface area contributed by atoms with Crippen molar-refractivity contribution in [3.63, 3.8) is 0 Å². The van der Waals surface area contributed by atoms with Gasteiger partial charge in [-0.25, -0.2) is 4.79 Å². The molecule has 0 bridgehead atoms. The smallest absolute Gasteiger partial charge is 0.211 e. The summed E-state index contributed by atoms with van der Waals surface area (Å²) in [5, 5.41) is 0. The number of nitrogens with zero attached hydrogens (tertiary/aromatic N) is 1. The minimum absolute atomic E-state index is 0.761. The van der Waals surface area contributed by atoms with Crippen LogP contribution in [0.25, 0.3) is 0 Å². The maximum absolute atomic E-state index is 10.2. The maximum Gasteiger partial charge on any atom is 0.240 e. The molecular formula is C11H13NO. The first-order valence-electron chi connectivity index (χ1n) is 4.52. The van der Waals surface area contributed by atoms with Crippen molar-refractivity contribution in [1.82, 2.24) is 0 Å². The van der Waals surface area contributed by atoms with Gasteiger partial charge in [-0.15, -0.1) is 0 Å². The molecule has 2 heteroatoms. The largest absolute Gasteiger partial charge is 0.240 e. The molecule has 0 saturated carbocycles. The number of aliphatic imine (C=N–C) groups is 1.